The quantitative estimate of drug-likeness (QED) is 0.340. The lowest BCUT2D eigenvalue weighted by atomic mass is 10.1. The third kappa shape index (κ3) is 4.45. The minimum absolute atomic E-state index is 0.0638. The van der Waals surface area contributed by atoms with E-state index in [1.165, 1.54) is 6.92 Å². The number of imidazole rings is 1. The van der Waals surface area contributed by atoms with E-state index in [-0.39, 0.29) is 17.3 Å². The first kappa shape index (κ1) is 22.5. The van der Waals surface area contributed by atoms with Gasteiger partial charge in [0, 0.05) is 28.4 Å². The van der Waals surface area contributed by atoms with Crippen LogP contribution in [0.3, 0.4) is 0 Å². The molecule has 0 saturated heterocycles. The van der Waals surface area contributed by atoms with Gasteiger partial charge in [0.05, 0.1) is 16.6 Å². The van der Waals surface area contributed by atoms with Gasteiger partial charge < -0.3 is 15.0 Å². The predicted molar refractivity (Wildman–Crippen MR) is 134 cm³/mol. The lowest BCUT2D eigenvalue weighted by Gasteiger charge is -2.17. The number of carboxylic acid groups (broad SMARTS) is 1. The third-order valence-corrected chi connectivity index (χ3v) is 6.56. The van der Waals surface area contributed by atoms with Gasteiger partial charge in [-0.1, -0.05) is 37.1 Å². The second kappa shape index (κ2) is 9.18. The van der Waals surface area contributed by atoms with Crippen LogP contribution in [0.2, 0.25) is 0 Å². The summed E-state index contributed by atoms with van der Waals surface area (Å²) in [5, 5.41) is 12.2. The molecular formula is C28H25N3O4. The van der Waals surface area contributed by atoms with Crippen LogP contribution < -0.4 is 5.32 Å². The Balaban J connectivity index is 1.47. The van der Waals surface area contributed by atoms with Gasteiger partial charge in [-0.15, -0.1) is 0 Å². The van der Waals surface area contributed by atoms with E-state index >= 15 is 0 Å². The van der Waals surface area contributed by atoms with Crippen molar-refractivity contribution in [3.63, 3.8) is 0 Å². The molecule has 1 aliphatic carbocycles. The number of anilines is 1. The minimum atomic E-state index is -0.979. The number of benzene rings is 3. The van der Waals surface area contributed by atoms with Crippen molar-refractivity contribution < 1.29 is 19.5 Å². The number of Topliss-reactive ketones (excluding diaryl/α,β-unsaturated/α-hetero) is 1. The van der Waals surface area contributed by atoms with E-state index in [9.17, 15) is 19.5 Å². The standard InChI is InChI=1S/C28H25N3O4/c1-17(32)20-5-4-6-22(15-20)29-27(33)19-11-9-18(10-12-19)26-30-24-16-21(28(34)35)13-14-25(24)31(26)23-7-2-3-8-23/h4-6,9-16,23H,2-3,7-8H2,1H3,(H,29,33)(H,34,35). The molecule has 1 heterocycles. The molecule has 0 bridgehead atoms. The van der Waals surface area contributed by atoms with E-state index in [0.717, 1.165) is 42.6 Å². The monoisotopic (exact) mass is 467 g/mol. The van der Waals surface area contributed by atoms with Crippen LogP contribution in [0.25, 0.3) is 22.4 Å². The SMILES string of the molecule is CC(=O)c1cccc(NC(=O)c2ccc(-c3nc4cc(C(=O)O)ccc4n3C3CCCC3)cc2)c1. The zero-order valence-corrected chi connectivity index (χ0v) is 19.3. The predicted octanol–water partition coefficient (Wildman–Crippen LogP) is 5.97. The second-order valence-corrected chi connectivity index (χ2v) is 8.92. The van der Waals surface area contributed by atoms with E-state index in [0.29, 0.717) is 28.4 Å². The maximum Gasteiger partial charge on any atom is 0.335 e. The van der Waals surface area contributed by atoms with Crippen molar-refractivity contribution in [3.05, 3.63) is 83.4 Å². The van der Waals surface area contributed by atoms with Crippen LogP contribution in [0.1, 0.15) is 69.7 Å². The Morgan fingerprint density at radius 1 is 0.914 bits per heavy atom. The molecule has 1 fully saturated rings. The Kier molecular flexibility index (Phi) is 5.91. The number of nitrogens with one attached hydrogen (secondary N) is 1. The number of carbonyl (C=O) groups is 3. The molecular weight excluding hydrogens is 442 g/mol. The molecule has 7 nitrogen and oxygen atoms in total. The van der Waals surface area contributed by atoms with Crippen molar-refractivity contribution in [2.45, 2.75) is 38.6 Å². The maximum atomic E-state index is 12.8. The number of fused-ring (bicyclic) bond motifs is 1. The number of aromatic nitrogens is 2. The number of carbonyl (C=O) groups excluding carboxylic acids is 2. The van der Waals surface area contributed by atoms with Gasteiger partial charge in [0.2, 0.25) is 0 Å². The fourth-order valence-electron chi connectivity index (χ4n) is 4.76. The van der Waals surface area contributed by atoms with Gasteiger partial charge >= 0.3 is 5.97 Å². The number of hydrogen-bond acceptors (Lipinski definition) is 4. The average Bonchev–Trinajstić information content (AvgIpc) is 3.51. The smallest absolute Gasteiger partial charge is 0.335 e. The van der Waals surface area contributed by atoms with E-state index in [1.807, 2.05) is 18.2 Å². The zero-order chi connectivity index (χ0) is 24.5. The Morgan fingerprint density at radius 2 is 1.63 bits per heavy atom. The molecule has 1 saturated carbocycles. The molecule has 0 spiro atoms. The summed E-state index contributed by atoms with van der Waals surface area (Å²) in [5.74, 6) is -0.539. The zero-order valence-electron chi connectivity index (χ0n) is 19.3. The number of hydrogen-bond donors (Lipinski definition) is 2. The van der Waals surface area contributed by atoms with E-state index in [2.05, 4.69) is 9.88 Å². The Hall–Kier alpha value is -4.26. The first-order valence-corrected chi connectivity index (χ1v) is 11.7. The molecule has 3 aromatic carbocycles. The van der Waals surface area contributed by atoms with E-state index in [4.69, 9.17) is 4.98 Å². The van der Waals surface area contributed by atoms with Crippen LogP contribution in [0.15, 0.2) is 66.7 Å². The highest BCUT2D eigenvalue weighted by atomic mass is 16.4. The van der Waals surface area contributed by atoms with Gasteiger partial charge in [-0.2, -0.15) is 0 Å². The molecule has 176 valence electrons. The van der Waals surface area contributed by atoms with Crippen molar-refractivity contribution in [2.24, 2.45) is 0 Å². The molecule has 0 atom stereocenters. The lowest BCUT2D eigenvalue weighted by molar-refractivity contribution is 0.0696. The Labute approximate surface area is 202 Å². The first-order chi connectivity index (χ1) is 16.9. The lowest BCUT2D eigenvalue weighted by Crippen LogP contribution is -2.12. The summed E-state index contributed by atoms with van der Waals surface area (Å²) < 4.78 is 2.22. The number of ketones is 1. The summed E-state index contributed by atoms with van der Waals surface area (Å²) in [6.45, 7) is 1.49. The summed E-state index contributed by atoms with van der Waals surface area (Å²) in [5.41, 5.74) is 4.22. The first-order valence-electron chi connectivity index (χ1n) is 11.7. The normalized spacial score (nSPS) is 13.7. The summed E-state index contributed by atoms with van der Waals surface area (Å²) in [6, 6.07) is 19.5. The number of nitrogens with zero attached hydrogens (tertiary/aromatic N) is 2. The van der Waals surface area contributed by atoms with Crippen molar-refractivity contribution >= 4 is 34.4 Å². The molecule has 0 radical (unpaired) electrons. The Morgan fingerprint density at radius 3 is 2.31 bits per heavy atom. The van der Waals surface area contributed by atoms with Crippen LogP contribution in [0, 0.1) is 0 Å². The van der Waals surface area contributed by atoms with Crippen LogP contribution >= 0.6 is 0 Å². The summed E-state index contributed by atoms with van der Waals surface area (Å²) in [4.78, 5) is 40.7. The van der Waals surface area contributed by atoms with Gasteiger partial charge in [-0.3, -0.25) is 9.59 Å². The fraction of sp³-hybridized carbons (Fsp3) is 0.214. The topological polar surface area (TPSA) is 101 Å². The highest BCUT2D eigenvalue weighted by molar-refractivity contribution is 6.05. The van der Waals surface area contributed by atoms with Gasteiger partial charge in [0.1, 0.15) is 5.82 Å². The molecule has 2 N–H and O–H groups in total. The van der Waals surface area contributed by atoms with Crippen LogP contribution in [-0.4, -0.2) is 32.3 Å². The molecule has 1 amide bonds. The number of carboxylic acids is 1. The minimum Gasteiger partial charge on any atom is -0.478 e. The average molecular weight is 468 g/mol. The number of amides is 1. The van der Waals surface area contributed by atoms with E-state index in [1.54, 1.807) is 48.5 Å². The molecule has 4 aromatic rings. The van der Waals surface area contributed by atoms with Crippen molar-refractivity contribution in [3.8, 4) is 11.4 Å². The van der Waals surface area contributed by atoms with Crippen LogP contribution in [0.5, 0.6) is 0 Å². The molecule has 0 aliphatic heterocycles. The summed E-state index contributed by atoms with van der Waals surface area (Å²) in [7, 11) is 0. The Bertz CT molecular complexity index is 1450. The van der Waals surface area contributed by atoms with Gasteiger partial charge in [0.15, 0.2) is 5.78 Å². The van der Waals surface area contributed by atoms with Crippen molar-refractivity contribution in [2.75, 3.05) is 5.32 Å². The third-order valence-electron chi connectivity index (χ3n) is 6.56. The van der Waals surface area contributed by atoms with Crippen molar-refractivity contribution in [1.82, 2.24) is 9.55 Å². The molecule has 35 heavy (non-hydrogen) atoms. The fourth-order valence-corrected chi connectivity index (χ4v) is 4.76. The summed E-state index contributed by atoms with van der Waals surface area (Å²) >= 11 is 0. The highest BCUT2D eigenvalue weighted by Crippen LogP contribution is 2.37. The van der Waals surface area contributed by atoms with Gasteiger partial charge in [-0.05, 0) is 62.2 Å². The highest BCUT2D eigenvalue weighted by Gasteiger charge is 2.24. The molecule has 0 unspecified atom stereocenters. The van der Waals surface area contributed by atoms with Gasteiger partial charge in [-0.25, -0.2) is 9.78 Å². The van der Waals surface area contributed by atoms with Gasteiger partial charge in [0.25, 0.3) is 5.91 Å². The van der Waals surface area contributed by atoms with E-state index < -0.39 is 5.97 Å². The number of aromatic carboxylic acids is 1. The van der Waals surface area contributed by atoms with Crippen molar-refractivity contribution in [1.29, 1.82) is 0 Å². The maximum absolute atomic E-state index is 12.8. The summed E-state index contributed by atoms with van der Waals surface area (Å²) in [6.07, 6.45) is 4.42. The molecule has 5 rings (SSSR count). The van der Waals surface area contributed by atoms with Crippen LogP contribution in [-0.2, 0) is 0 Å². The molecule has 1 aromatic heterocycles. The molecule has 1 aliphatic rings. The molecule has 7 heteroatoms. The van der Waals surface area contributed by atoms with Crippen LogP contribution in [0.4, 0.5) is 5.69 Å². The number of rotatable bonds is 6. The second-order valence-electron chi connectivity index (χ2n) is 8.92. The largest absolute Gasteiger partial charge is 0.478 e.